The maximum Gasteiger partial charge on any atom is 0.343 e. The van der Waals surface area contributed by atoms with E-state index in [4.69, 9.17) is 11.6 Å². The Kier molecular flexibility index (Phi) is 4.59. The summed E-state index contributed by atoms with van der Waals surface area (Å²) in [7, 11) is -3.77. The number of amidine groups is 1. The lowest BCUT2D eigenvalue weighted by Crippen LogP contribution is -2.30. The smallest absolute Gasteiger partial charge is 0.339 e. The first-order valence-corrected chi connectivity index (χ1v) is 9.13. The van der Waals surface area contributed by atoms with Gasteiger partial charge in [-0.1, -0.05) is 48.0 Å². The zero-order chi connectivity index (χ0) is 17.2. The third kappa shape index (κ3) is 4.15. The highest BCUT2D eigenvalue weighted by Crippen LogP contribution is 2.21. The summed E-state index contributed by atoms with van der Waals surface area (Å²) >= 11 is 6.10. The van der Waals surface area contributed by atoms with Crippen LogP contribution in [0.4, 0.5) is 5.69 Å². The van der Waals surface area contributed by atoms with Gasteiger partial charge < -0.3 is 5.32 Å². The number of nitrogens with one attached hydrogen (secondary N) is 2. The molecule has 0 aliphatic carbocycles. The summed E-state index contributed by atoms with van der Waals surface area (Å²) in [5, 5.41) is 3.59. The first-order valence-electron chi connectivity index (χ1n) is 7.32. The SMILES string of the molecule is Cc1ccc(NC2=NS(=O)(=O)NC(Cc3ccccc3)=C2)cc1Cl. The van der Waals surface area contributed by atoms with Crippen molar-refractivity contribution in [1.82, 2.24) is 4.72 Å². The van der Waals surface area contributed by atoms with Gasteiger partial charge in [-0.3, -0.25) is 4.72 Å². The number of anilines is 1. The zero-order valence-electron chi connectivity index (χ0n) is 13.0. The number of nitrogens with zero attached hydrogens (tertiary/aromatic N) is 1. The predicted octanol–water partition coefficient (Wildman–Crippen LogP) is 3.43. The fraction of sp³-hybridized carbons (Fsp3) is 0.118. The minimum atomic E-state index is -3.77. The number of halogens is 1. The first-order chi connectivity index (χ1) is 11.4. The monoisotopic (exact) mass is 361 g/mol. The molecule has 0 spiro atoms. The normalized spacial score (nSPS) is 15.9. The Hall–Kier alpha value is -2.31. The van der Waals surface area contributed by atoms with Crippen LogP contribution in [0.5, 0.6) is 0 Å². The standard InChI is InChI=1S/C17H16ClN3O2S/c1-12-7-8-14(10-16(12)18)19-17-11-15(20-24(22,23)21-17)9-13-5-3-2-4-6-13/h2-8,10-11,20H,9H2,1H3,(H,19,21). The fourth-order valence-corrected chi connectivity index (χ4v) is 3.37. The summed E-state index contributed by atoms with van der Waals surface area (Å²) in [6.45, 7) is 1.90. The van der Waals surface area contributed by atoms with Gasteiger partial charge in [-0.15, -0.1) is 4.40 Å². The minimum absolute atomic E-state index is 0.250. The van der Waals surface area contributed by atoms with Crippen molar-refractivity contribution in [3.63, 3.8) is 0 Å². The third-order valence-electron chi connectivity index (χ3n) is 3.47. The van der Waals surface area contributed by atoms with E-state index in [2.05, 4.69) is 14.4 Å². The van der Waals surface area contributed by atoms with Crippen LogP contribution in [0.1, 0.15) is 11.1 Å². The summed E-state index contributed by atoms with van der Waals surface area (Å²) < 4.78 is 30.1. The highest BCUT2D eigenvalue weighted by Gasteiger charge is 2.18. The molecule has 1 aliphatic heterocycles. The highest BCUT2D eigenvalue weighted by molar-refractivity contribution is 7.88. The lowest BCUT2D eigenvalue weighted by molar-refractivity contribution is 0.589. The predicted molar refractivity (Wildman–Crippen MR) is 97.5 cm³/mol. The lowest BCUT2D eigenvalue weighted by Gasteiger charge is -2.17. The molecule has 0 saturated carbocycles. The Morgan fingerprint density at radius 1 is 1.17 bits per heavy atom. The van der Waals surface area contributed by atoms with E-state index < -0.39 is 10.2 Å². The van der Waals surface area contributed by atoms with E-state index in [0.717, 1.165) is 11.1 Å². The van der Waals surface area contributed by atoms with Crippen LogP contribution in [-0.4, -0.2) is 14.3 Å². The van der Waals surface area contributed by atoms with Crippen LogP contribution in [0, 0.1) is 6.92 Å². The molecule has 1 heterocycles. The second kappa shape index (κ2) is 6.67. The molecule has 7 heteroatoms. The van der Waals surface area contributed by atoms with Crippen molar-refractivity contribution < 1.29 is 8.42 Å². The van der Waals surface area contributed by atoms with Gasteiger partial charge in [0.05, 0.1) is 0 Å². The molecule has 2 aromatic rings. The van der Waals surface area contributed by atoms with Gasteiger partial charge >= 0.3 is 10.2 Å². The molecule has 1 aliphatic rings. The van der Waals surface area contributed by atoms with Gasteiger partial charge in [0.1, 0.15) is 5.84 Å². The Labute approximate surface area is 146 Å². The topological polar surface area (TPSA) is 70.6 Å². The van der Waals surface area contributed by atoms with Crippen LogP contribution in [0.15, 0.2) is 64.7 Å². The first kappa shape index (κ1) is 16.5. The fourth-order valence-electron chi connectivity index (χ4n) is 2.32. The molecule has 0 unspecified atom stereocenters. The average Bonchev–Trinajstić information content (AvgIpc) is 2.50. The van der Waals surface area contributed by atoms with E-state index in [1.54, 1.807) is 12.1 Å². The molecule has 0 amide bonds. The number of benzene rings is 2. The van der Waals surface area contributed by atoms with Crippen molar-refractivity contribution in [3.8, 4) is 0 Å². The molecule has 0 bridgehead atoms. The molecule has 2 N–H and O–H groups in total. The number of aryl methyl sites for hydroxylation is 1. The second-order valence-electron chi connectivity index (χ2n) is 5.47. The summed E-state index contributed by atoms with van der Waals surface area (Å²) in [5.74, 6) is 0.250. The van der Waals surface area contributed by atoms with Gasteiger partial charge in [-0.05, 0) is 30.2 Å². The largest absolute Gasteiger partial charge is 0.343 e. The van der Waals surface area contributed by atoms with Gasteiger partial charge in [0, 0.05) is 28.9 Å². The Morgan fingerprint density at radius 2 is 1.92 bits per heavy atom. The minimum Gasteiger partial charge on any atom is -0.339 e. The van der Waals surface area contributed by atoms with Gasteiger partial charge in [-0.25, -0.2) is 0 Å². The van der Waals surface area contributed by atoms with Crippen molar-refractivity contribution in [2.75, 3.05) is 5.32 Å². The maximum absolute atomic E-state index is 12.0. The molecular formula is C17H16ClN3O2S. The second-order valence-corrected chi connectivity index (χ2v) is 7.22. The van der Waals surface area contributed by atoms with E-state index >= 15 is 0 Å². The van der Waals surface area contributed by atoms with Crippen molar-refractivity contribution in [1.29, 1.82) is 0 Å². The van der Waals surface area contributed by atoms with Crippen LogP contribution < -0.4 is 10.0 Å². The summed E-state index contributed by atoms with van der Waals surface area (Å²) in [6, 6.07) is 15.0. The number of allylic oxidation sites excluding steroid dienone is 1. The van der Waals surface area contributed by atoms with Crippen molar-refractivity contribution in [2.24, 2.45) is 4.40 Å². The van der Waals surface area contributed by atoms with E-state index in [9.17, 15) is 8.42 Å². The summed E-state index contributed by atoms with van der Waals surface area (Å²) in [4.78, 5) is 0. The lowest BCUT2D eigenvalue weighted by atomic mass is 10.1. The molecule has 3 rings (SSSR count). The molecule has 0 aromatic heterocycles. The van der Waals surface area contributed by atoms with Gasteiger partial charge in [-0.2, -0.15) is 8.42 Å². The highest BCUT2D eigenvalue weighted by atomic mass is 35.5. The van der Waals surface area contributed by atoms with Crippen molar-refractivity contribution in [3.05, 3.63) is 76.5 Å². The van der Waals surface area contributed by atoms with Gasteiger partial charge in [0.2, 0.25) is 0 Å². The van der Waals surface area contributed by atoms with Crippen LogP contribution in [0.3, 0.4) is 0 Å². The summed E-state index contributed by atoms with van der Waals surface area (Å²) in [5.41, 5.74) is 3.18. The number of hydrogen-bond acceptors (Lipinski definition) is 3. The Balaban J connectivity index is 1.85. The average molecular weight is 362 g/mol. The molecule has 0 atom stereocenters. The van der Waals surface area contributed by atoms with Crippen LogP contribution >= 0.6 is 11.6 Å². The molecule has 0 radical (unpaired) electrons. The molecule has 0 saturated heterocycles. The van der Waals surface area contributed by atoms with Crippen molar-refractivity contribution in [2.45, 2.75) is 13.3 Å². The van der Waals surface area contributed by atoms with E-state index in [1.165, 1.54) is 0 Å². The van der Waals surface area contributed by atoms with E-state index in [1.807, 2.05) is 49.4 Å². The van der Waals surface area contributed by atoms with Gasteiger partial charge in [0.15, 0.2) is 0 Å². The molecule has 124 valence electrons. The molecule has 24 heavy (non-hydrogen) atoms. The summed E-state index contributed by atoms with van der Waals surface area (Å²) in [6.07, 6.45) is 2.15. The molecule has 0 fully saturated rings. The zero-order valence-corrected chi connectivity index (χ0v) is 14.5. The molecule has 2 aromatic carbocycles. The van der Waals surface area contributed by atoms with Crippen LogP contribution in [0.25, 0.3) is 0 Å². The molecular weight excluding hydrogens is 346 g/mol. The maximum atomic E-state index is 12.0. The van der Waals surface area contributed by atoms with Crippen molar-refractivity contribution >= 4 is 33.3 Å². The van der Waals surface area contributed by atoms with Gasteiger partial charge in [0.25, 0.3) is 0 Å². The third-order valence-corrected chi connectivity index (χ3v) is 4.84. The quantitative estimate of drug-likeness (QED) is 0.879. The number of hydrogen-bond donors (Lipinski definition) is 2. The van der Waals surface area contributed by atoms with E-state index in [0.29, 0.717) is 22.8 Å². The van der Waals surface area contributed by atoms with Crippen LogP contribution in [-0.2, 0) is 16.6 Å². The van der Waals surface area contributed by atoms with E-state index in [-0.39, 0.29) is 5.84 Å². The van der Waals surface area contributed by atoms with Crippen LogP contribution in [0.2, 0.25) is 5.02 Å². The Morgan fingerprint density at radius 3 is 2.62 bits per heavy atom. The number of rotatable bonds is 3. The molecule has 5 nitrogen and oxygen atoms in total. The Bertz CT molecular complexity index is 922.